The molecular weight excluding hydrogens is 240 g/mol. The van der Waals surface area contributed by atoms with Crippen LogP contribution in [-0.2, 0) is 6.54 Å². The summed E-state index contributed by atoms with van der Waals surface area (Å²) in [5, 5.41) is 3.76. The van der Waals surface area contributed by atoms with Crippen LogP contribution in [0.2, 0.25) is 0 Å². The number of nitrogens with zero attached hydrogens (tertiary/aromatic N) is 1. The molecule has 2 saturated heterocycles. The molecule has 3 rings (SSSR count). The third-order valence-electron chi connectivity index (χ3n) is 4.33. The van der Waals surface area contributed by atoms with Crippen molar-refractivity contribution < 1.29 is 0 Å². The highest BCUT2D eigenvalue weighted by atomic mass is 32.2. The fourth-order valence-corrected chi connectivity index (χ4v) is 3.72. The van der Waals surface area contributed by atoms with Crippen LogP contribution in [0.5, 0.6) is 0 Å². The summed E-state index contributed by atoms with van der Waals surface area (Å²) in [6.07, 6.45) is 6.24. The number of benzene rings is 1. The van der Waals surface area contributed by atoms with Gasteiger partial charge in [0.2, 0.25) is 0 Å². The van der Waals surface area contributed by atoms with E-state index in [9.17, 15) is 0 Å². The summed E-state index contributed by atoms with van der Waals surface area (Å²) >= 11 is 1.81. The second-order valence-electron chi connectivity index (χ2n) is 5.37. The average Bonchev–Trinajstić information content (AvgIpc) is 3.00. The van der Waals surface area contributed by atoms with E-state index in [0.29, 0.717) is 6.04 Å². The second kappa shape index (κ2) is 5.64. The molecule has 0 saturated carbocycles. The monoisotopic (exact) mass is 262 g/mol. The van der Waals surface area contributed by atoms with E-state index in [4.69, 9.17) is 0 Å². The van der Waals surface area contributed by atoms with Crippen molar-refractivity contribution in [3.63, 3.8) is 0 Å². The predicted molar refractivity (Wildman–Crippen MR) is 78.1 cm³/mol. The van der Waals surface area contributed by atoms with E-state index in [-0.39, 0.29) is 0 Å². The molecule has 0 spiro atoms. The molecule has 0 bridgehead atoms. The van der Waals surface area contributed by atoms with Gasteiger partial charge in [-0.1, -0.05) is 12.1 Å². The zero-order valence-electron chi connectivity index (χ0n) is 11.1. The first-order valence-corrected chi connectivity index (χ1v) is 8.19. The molecule has 2 unspecified atom stereocenters. The summed E-state index contributed by atoms with van der Waals surface area (Å²) < 4.78 is 0. The Balaban J connectivity index is 1.54. The van der Waals surface area contributed by atoms with Crippen molar-refractivity contribution in [3.8, 4) is 0 Å². The van der Waals surface area contributed by atoms with Crippen molar-refractivity contribution in [2.75, 3.05) is 19.3 Å². The van der Waals surface area contributed by atoms with Gasteiger partial charge in [0.05, 0.1) is 0 Å². The molecule has 1 aromatic rings. The molecule has 1 N–H and O–H groups in total. The molecule has 2 nitrogen and oxygen atoms in total. The quantitative estimate of drug-likeness (QED) is 0.840. The van der Waals surface area contributed by atoms with E-state index < -0.39 is 0 Å². The van der Waals surface area contributed by atoms with Gasteiger partial charge in [0.1, 0.15) is 0 Å². The minimum Gasteiger partial charge on any atom is -0.308 e. The summed E-state index contributed by atoms with van der Waals surface area (Å²) in [5.41, 5.74) is 1.41. The van der Waals surface area contributed by atoms with Crippen LogP contribution in [-0.4, -0.2) is 36.3 Å². The third-order valence-corrected chi connectivity index (χ3v) is 5.08. The van der Waals surface area contributed by atoms with Crippen LogP contribution in [0.25, 0.3) is 0 Å². The summed E-state index contributed by atoms with van der Waals surface area (Å²) in [6, 6.07) is 10.5. The Morgan fingerprint density at radius 1 is 1.22 bits per heavy atom. The highest BCUT2D eigenvalue weighted by Crippen LogP contribution is 2.28. The standard InChI is InChI=1S/C15H22N2S/c1-18-13-6-4-12(5-7-13)11-16-14-8-10-17-9-2-3-15(14)17/h4-7,14-16H,2-3,8-11H2,1H3. The van der Waals surface area contributed by atoms with Crippen LogP contribution in [0.3, 0.4) is 0 Å². The van der Waals surface area contributed by atoms with Gasteiger partial charge in [0, 0.05) is 30.1 Å². The van der Waals surface area contributed by atoms with Crippen LogP contribution in [0.1, 0.15) is 24.8 Å². The maximum atomic E-state index is 3.76. The van der Waals surface area contributed by atoms with E-state index in [1.165, 1.54) is 42.8 Å². The van der Waals surface area contributed by atoms with Crippen LogP contribution >= 0.6 is 11.8 Å². The molecule has 98 valence electrons. The number of nitrogens with one attached hydrogen (secondary N) is 1. The van der Waals surface area contributed by atoms with Crippen molar-refractivity contribution in [2.24, 2.45) is 0 Å². The van der Waals surface area contributed by atoms with Gasteiger partial charge in [-0.2, -0.15) is 0 Å². The molecule has 3 heteroatoms. The van der Waals surface area contributed by atoms with Gasteiger partial charge in [-0.05, 0) is 49.8 Å². The maximum Gasteiger partial charge on any atom is 0.0250 e. The minimum absolute atomic E-state index is 0.715. The lowest BCUT2D eigenvalue weighted by Crippen LogP contribution is -2.38. The number of fused-ring (bicyclic) bond motifs is 1. The van der Waals surface area contributed by atoms with Crippen molar-refractivity contribution in [1.82, 2.24) is 10.2 Å². The van der Waals surface area contributed by atoms with Gasteiger partial charge in [0.15, 0.2) is 0 Å². The first kappa shape index (κ1) is 12.5. The predicted octanol–water partition coefficient (Wildman–Crippen LogP) is 2.73. The zero-order valence-corrected chi connectivity index (χ0v) is 11.9. The van der Waals surface area contributed by atoms with Gasteiger partial charge in [0.25, 0.3) is 0 Å². The highest BCUT2D eigenvalue weighted by Gasteiger charge is 2.36. The Hall–Kier alpha value is -0.510. The van der Waals surface area contributed by atoms with Gasteiger partial charge in [-0.15, -0.1) is 11.8 Å². The molecule has 0 aliphatic carbocycles. The Morgan fingerprint density at radius 3 is 2.83 bits per heavy atom. The molecule has 18 heavy (non-hydrogen) atoms. The lowest BCUT2D eigenvalue weighted by molar-refractivity contribution is 0.298. The Labute approximate surface area is 114 Å². The van der Waals surface area contributed by atoms with Gasteiger partial charge in [-0.3, -0.25) is 4.90 Å². The van der Waals surface area contributed by atoms with Crippen molar-refractivity contribution in [3.05, 3.63) is 29.8 Å². The van der Waals surface area contributed by atoms with E-state index in [1.807, 2.05) is 0 Å². The van der Waals surface area contributed by atoms with Crippen LogP contribution in [0.15, 0.2) is 29.2 Å². The zero-order chi connectivity index (χ0) is 12.4. The number of rotatable bonds is 4. The van der Waals surface area contributed by atoms with E-state index in [0.717, 1.165) is 12.6 Å². The summed E-state index contributed by atoms with van der Waals surface area (Å²) in [5.74, 6) is 0. The van der Waals surface area contributed by atoms with Gasteiger partial charge in [-0.25, -0.2) is 0 Å². The molecule has 1 aromatic carbocycles. The Bertz CT molecular complexity index is 390. The maximum absolute atomic E-state index is 3.76. The topological polar surface area (TPSA) is 15.3 Å². The Kier molecular flexibility index (Phi) is 3.92. The second-order valence-corrected chi connectivity index (χ2v) is 6.25. The number of hydrogen-bond acceptors (Lipinski definition) is 3. The molecule has 0 aromatic heterocycles. The number of thioether (sulfide) groups is 1. The molecular formula is C15H22N2S. The third kappa shape index (κ3) is 2.58. The lowest BCUT2D eigenvalue weighted by atomic mass is 10.1. The van der Waals surface area contributed by atoms with Gasteiger partial charge >= 0.3 is 0 Å². The number of hydrogen-bond donors (Lipinski definition) is 1. The van der Waals surface area contributed by atoms with E-state index in [1.54, 1.807) is 11.8 Å². The first-order valence-electron chi connectivity index (χ1n) is 6.97. The molecule has 2 fully saturated rings. The molecule has 2 heterocycles. The molecule has 2 atom stereocenters. The van der Waals surface area contributed by atoms with Crippen LogP contribution < -0.4 is 5.32 Å². The smallest absolute Gasteiger partial charge is 0.0250 e. The van der Waals surface area contributed by atoms with Crippen LogP contribution in [0.4, 0.5) is 0 Å². The molecule has 0 amide bonds. The summed E-state index contributed by atoms with van der Waals surface area (Å²) in [7, 11) is 0. The summed E-state index contributed by atoms with van der Waals surface area (Å²) in [4.78, 5) is 4.01. The fourth-order valence-electron chi connectivity index (χ4n) is 3.31. The molecule has 2 aliphatic heterocycles. The normalized spacial score (nSPS) is 27.6. The lowest BCUT2D eigenvalue weighted by Gasteiger charge is -2.21. The molecule has 2 aliphatic rings. The van der Waals surface area contributed by atoms with Gasteiger partial charge < -0.3 is 5.32 Å². The average molecular weight is 262 g/mol. The SMILES string of the molecule is CSc1ccc(CNC2CCN3CCCC23)cc1. The van der Waals surface area contributed by atoms with Crippen molar-refractivity contribution in [1.29, 1.82) is 0 Å². The van der Waals surface area contributed by atoms with Crippen molar-refractivity contribution >= 4 is 11.8 Å². The highest BCUT2D eigenvalue weighted by molar-refractivity contribution is 7.98. The fraction of sp³-hybridized carbons (Fsp3) is 0.600. The van der Waals surface area contributed by atoms with E-state index in [2.05, 4.69) is 40.7 Å². The van der Waals surface area contributed by atoms with Crippen LogP contribution in [0, 0.1) is 0 Å². The van der Waals surface area contributed by atoms with Crippen molar-refractivity contribution in [2.45, 2.75) is 42.8 Å². The summed E-state index contributed by atoms with van der Waals surface area (Å²) in [6.45, 7) is 3.64. The largest absolute Gasteiger partial charge is 0.308 e. The Morgan fingerprint density at radius 2 is 2.06 bits per heavy atom. The van der Waals surface area contributed by atoms with E-state index >= 15 is 0 Å². The molecule has 0 radical (unpaired) electrons. The first-order chi connectivity index (χ1) is 8.86. The minimum atomic E-state index is 0.715.